The van der Waals surface area contributed by atoms with Gasteiger partial charge in [-0.25, -0.2) is 13.1 Å². The van der Waals surface area contributed by atoms with E-state index in [2.05, 4.69) is 27.2 Å². The molecule has 0 aliphatic heterocycles. The molecule has 0 aromatic heterocycles. The second-order valence-electron chi connectivity index (χ2n) is 4.09. The van der Waals surface area contributed by atoms with Crippen molar-refractivity contribution in [1.29, 1.82) is 0 Å². The molecule has 0 radical (unpaired) electrons. The predicted octanol–water partition coefficient (Wildman–Crippen LogP) is 1.90. The summed E-state index contributed by atoms with van der Waals surface area (Å²) >= 11 is 3.22. The molecule has 0 fully saturated rings. The lowest BCUT2D eigenvalue weighted by atomic mass is 10.3. The first-order chi connectivity index (χ1) is 8.83. The fraction of sp³-hybridized carbons (Fsp3) is 0.333. The minimum absolute atomic E-state index is 0.0572. The Labute approximate surface area is 122 Å². The van der Waals surface area contributed by atoms with E-state index in [1.807, 2.05) is 6.92 Å². The van der Waals surface area contributed by atoms with Gasteiger partial charge in [-0.15, -0.1) is 0 Å². The second kappa shape index (κ2) is 7.04. The molecule has 0 aliphatic rings. The van der Waals surface area contributed by atoms with Gasteiger partial charge in [0.25, 0.3) is 0 Å². The summed E-state index contributed by atoms with van der Waals surface area (Å²) in [6, 6.07) is 4.69. The van der Waals surface area contributed by atoms with E-state index in [1.54, 1.807) is 6.07 Å². The van der Waals surface area contributed by atoms with Crippen LogP contribution in [0.15, 0.2) is 39.7 Å². The van der Waals surface area contributed by atoms with E-state index in [-0.39, 0.29) is 23.7 Å². The SMILES string of the molecule is C=C(C)COCCNS(=O)(=O)c1cc(Br)ccc1N. The second-order valence-corrected chi connectivity index (χ2v) is 6.74. The number of anilines is 1. The summed E-state index contributed by atoms with van der Waals surface area (Å²) in [4.78, 5) is 0.0572. The van der Waals surface area contributed by atoms with Crippen LogP contribution in [0.2, 0.25) is 0 Å². The number of hydrogen-bond acceptors (Lipinski definition) is 4. The van der Waals surface area contributed by atoms with E-state index in [1.165, 1.54) is 12.1 Å². The molecule has 1 aromatic carbocycles. The first-order valence-corrected chi connectivity index (χ1v) is 7.87. The summed E-state index contributed by atoms with van der Waals surface area (Å²) in [5.74, 6) is 0. The summed E-state index contributed by atoms with van der Waals surface area (Å²) in [5, 5.41) is 0. The van der Waals surface area contributed by atoms with Gasteiger partial charge in [0, 0.05) is 11.0 Å². The van der Waals surface area contributed by atoms with Gasteiger partial charge in [0.05, 0.1) is 18.9 Å². The van der Waals surface area contributed by atoms with Crippen LogP contribution in [0.3, 0.4) is 0 Å². The molecule has 1 aromatic rings. The van der Waals surface area contributed by atoms with Crippen molar-refractivity contribution < 1.29 is 13.2 Å². The number of rotatable bonds is 7. The molecule has 0 aliphatic carbocycles. The largest absolute Gasteiger partial charge is 0.398 e. The van der Waals surface area contributed by atoms with Crippen molar-refractivity contribution in [2.75, 3.05) is 25.5 Å². The third kappa shape index (κ3) is 5.32. The molecule has 19 heavy (non-hydrogen) atoms. The Morgan fingerprint density at radius 3 is 2.84 bits per heavy atom. The zero-order valence-electron chi connectivity index (χ0n) is 10.6. The van der Waals surface area contributed by atoms with Crippen LogP contribution in [-0.2, 0) is 14.8 Å². The molecule has 0 spiro atoms. The molecular weight excluding hydrogens is 332 g/mol. The summed E-state index contributed by atoms with van der Waals surface area (Å²) in [7, 11) is -3.62. The van der Waals surface area contributed by atoms with Crippen LogP contribution < -0.4 is 10.5 Å². The van der Waals surface area contributed by atoms with Crippen molar-refractivity contribution >= 4 is 31.6 Å². The fourth-order valence-electron chi connectivity index (χ4n) is 1.31. The summed E-state index contributed by atoms with van der Waals surface area (Å²) in [6.45, 7) is 6.40. The summed E-state index contributed by atoms with van der Waals surface area (Å²) in [6.07, 6.45) is 0. The van der Waals surface area contributed by atoms with Gasteiger partial charge in [-0.05, 0) is 25.1 Å². The highest BCUT2D eigenvalue weighted by Gasteiger charge is 2.17. The minimum atomic E-state index is -3.62. The maximum Gasteiger partial charge on any atom is 0.242 e. The van der Waals surface area contributed by atoms with Gasteiger partial charge in [0.2, 0.25) is 10.0 Å². The molecule has 0 bridgehead atoms. The van der Waals surface area contributed by atoms with Crippen LogP contribution in [0.5, 0.6) is 0 Å². The fourth-order valence-corrected chi connectivity index (χ4v) is 2.99. The van der Waals surface area contributed by atoms with E-state index >= 15 is 0 Å². The third-order valence-corrected chi connectivity index (χ3v) is 4.16. The highest BCUT2D eigenvalue weighted by atomic mass is 79.9. The van der Waals surface area contributed by atoms with E-state index < -0.39 is 10.0 Å². The molecule has 5 nitrogen and oxygen atoms in total. The van der Waals surface area contributed by atoms with Crippen molar-refractivity contribution in [3.05, 3.63) is 34.8 Å². The Morgan fingerprint density at radius 2 is 2.21 bits per heavy atom. The molecule has 0 atom stereocenters. The molecule has 3 N–H and O–H groups in total. The Kier molecular flexibility index (Phi) is 5.99. The maximum absolute atomic E-state index is 12.0. The van der Waals surface area contributed by atoms with Gasteiger partial charge in [0.15, 0.2) is 0 Å². The molecule has 0 unspecified atom stereocenters. The lowest BCUT2D eigenvalue weighted by molar-refractivity contribution is 0.162. The highest BCUT2D eigenvalue weighted by molar-refractivity contribution is 9.10. The van der Waals surface area contributed by atoms with E-state index in [4.69, 9.17) is 10.5 Å². The van der Waals surface area contributed by atoms with Crippen LogP contribution in [0.4, 0.5) is 5.69 Å². The van der Waals surface area contributed by atoms with E-state index in [0.29, 0.717) is 11.1 Å². The van der Waals surface area contributed by atoms with Crippen LogP contribution in [-0.4, -0.2) is 28.2 Å². The van der Waals surface area contributed by atoms with Crippen LogP contribution in [0.1, 0.15) is 6.92 Å². The predicted molar refractivity (Wildman–Crippen MR) is 79.4 cm³/mol. The zero-order valence-corrected chi connectivity index (χ0v) is 13.1. The number of ether oxygens (including phenoxy) is 1. The topological polar surface area (TPSA) is 81.4 Å². The summed E-state index contributed by atoms with van der Waals surface area (Å²) < 4.78 is 32.3. The lowest BCUT2D eigenvalue weighted by Gasteiger charge is -2.10. The number of nitrogens with two attached hydrogens (primary N) is 1. The van der Waals surface area contributed by atoms with Gasteiger partial charge >= 0.3 is 0 Å². The lowest BCUT2D eigenvalue weighted by Crippen LogP contribution is -2.28. The minimum Gasteiger partial charge on any atom is -0.398 e. The normalized spacial score (nSPS) is 11.5. The Hall–Kier alpha value is -0.890. The van der Waals surface area contributed by atoms with Gasteiger partial charge in [-0.2, -0.15) is 0 Å². The van der Waals surface area contributed by atoms with Crippen LogP contribution in [0.25, 0.3) is 0 Å². The molecule has 0 saturated carbocycles. The quantitative estimate of drug-likeness (QED) is 0.448. The van der Waals surface area contributed by atoms with E-state index in [0.717, 1.165) is 5.57 Å². The highest BCUT2D eigenvalue weighted by Crippen LogP contribution is 2.22. The first kappa shape index (κ1) is 16.2. The van der Waals surface area contributed by atoms with Gasteiger partial charge in [-0.1, -0.05) is 28.1 Å². The number of benzene rings is 1. The Balaban J connectivity index is 2.61. The number of hydrogen-bond donors (Lipinski definition) is 2. The standard InChI is InChI=1S/C12H17BrN2O3S/c1-9(2)8-18-6-5-15-19(16,17)12-7-10(13)3-4-11(12)14/h3-4,7,15H,1,5-6,8,14H2,2H3. The monoisotopic (exact) mass is 348 g/mol. The number of nitrogens with one attached hydrogen (secondary N) is 1. The molecular formula is C12H17BrN2O3S. The van der Waals surface area contributed by atoms with Crippen molar-refractivity contribution in [1.82, 2.24) is 4.72 Å². The van der Waals surface area contributed by atoms with Crippen molar-refractivity contribution in [2.24, 2.45) is 0 Å². The average Bonchev–Trinajstić information content (AvgIpc) is 2.31. The molecule has 1 rings (SSSR count). The average molecular weight is 349 g/mol. The molecule has 0 saturated heterocycles. The van der Waals surface area contributed by atoms with E-state index in [9.17, 15) is 8.42 Å². The molecule has 0 amide bonds. The molecule has 106 valence electrons. The Morgan fingerprint density at radius 1 is 1.53 bits per heavy atom. The Bertz CT molecular complexity index is 558. The number of nitrogen functional groups attached to an aromatic ring is 1. The first-order valence-electron chi connectivity index (χ1n) is 5.60. The summed E-state index contributed by atoms with van der Waals surface area (Å²) in [5.41, 5.74) is 6.76. The van der Waals surface area contributed by atoms with Gasteiger partial charge < -0.3 is 10.5 Å². The molecule has 7 heteroatoms. The number of sulfonamides is 1. The molecule has 0 heterocycles. The third-order valence-electron chi connectivity index (χ3n) is 2.15. The van der Waals surface area contributed by atoms with Crippen LogP contribution in [0, 0.1) is 0 Å². The number of halogens is 1. The maximum atomic E-state index is 12.0. The van der Waals surface area contributed by atoms with Crippen molar-refractivity contribution in [3.8, 4) is 0 Å². The van der Waals surface area contributed by atoms with Crippen molar-refractivity contribution in [3.63, 3.8) is 0 Å². The van der Waals surface area contributed by atoms with Crippen molar-refractivity contribution in [2.45, 2.75) is 11.8 Å². The smallest absolute Gasteiger partial charge is 0.242 e. The van der Waals surface area contributed by atoms with Gasteiger partial charge in [-0.3, -0.25) is 0 Å². The van der Waals surface area contributed by atoms with Gasteiger partial charge in [0.1, 0.15) is 4.90 Å². The van der Waals surface area contributed by atoms with Crippen LogP contribution >= 0.6 is 15.9 Å². The zero-order chi connectivity index (χ0) is 14.5.